The summed E-state index contributed by atoms with van der Waals surface area (Å²) in [6.45, 7) is -1.88. The number of hydrogen-bond donors (Lipinski definition) is 0. The fourth-order valence-corrected chi connectivity index (χ4v) is 1.48. The summed E-state index contributed by atoms with van der Waals surface area (Å²) >= 11 is 3.12. The van der Waals surface area contributed by atoms with Gasteiger partial charge in [-0.05, 0) is 34.1 Å². The molecule has 0 saturated heterocycles. The highest BCUT2D eigenvalue weighted by atomic mass is 79.9. The molecule has 0 heterocycles. The van der Waals surface area contributed by atoms with E-state index in [4.69, 9.17) is 4.74 Å². The van der Waals surface area contributed by atoms with Gasteiger partial charge in [0.05, 0.1) is 4.47 Å². The maximum atomic E-state index is 11.7. The van der Waals surface area contributed by atoms with E-state index in [0.717, 1.165) is 0 Å². The van der Waals surface area contributed by atoms with Crippen LogP contribution in [0.5, 0.6) is 5.75 Å². The first-order chi connectivity index (χ1) is 7.92. The van der Waals surface area contributed by atoms with Crippen molar-refractivity contribution in [1.29, 1.82) is 0 Å². The Bertz CT molecular complexity index is 393. The number of halogens is 4. The summed E-state index contributed by atoms with van der Waals surface area (Å²) in [5.74, 6) is 0.303. The molecule has 1 aromatic carbocycles. The smallest absolute Gasteiger partial charge is 0.411 e. The fourth-order valence-electron chi connectivity index (χ4n) is 0.970. The molecule has 0 aliphatic carbocycles. The van der Waals surface area contributed by atoms with Crippen LogP contribution in [0, 0.1) is 0 Å². The number of carbonyl (C=O) groups is 1. The number of hydrogen-bond acceptors (Lipinski definition) is 3. The lowest BCUT2D eigenvalue weighted by molar-refractivity contribution is -0.186. The highest BCUT2D eigenvalue weighted by molar-refractivity contribution is 9.10. The number of alkyl halides is 3. The van der Waals surface area contributed by atoms with Crippen molar-refractivity contribution in [3.05, 3.63) is 28.2 Å². The van der Waals surface area contributed by atoms with E-state index in [0.29, 0.717) is 22.1 Å². The largest absolute Gasteiger partial charge is 0.466 e. The van der Waals surface area contributed by atoms with E-state index in [9.17, 15) is 18.0 Å². The van der Waals surface area contributed by atoms with Crippen LogP contribution in [0.3, 0.4) is 0 Å². The molecule has 0 radical (unpaired) electrons. The first-order valence-corrected chi connectivity index (χ1v) is 5.24. The van der Waals surface area contributed by atoms with Gasteiger partial charge in [-0.25, -0.2) is 0 Å². The quantitative estimate of drug-likeness (QED) is 0.476. The van der Waals surface area contributed by atoms with Gasteiger partial charge in [-0.3, -0.25) is 4.79 Å². The third kappa shape index (κ3) is 5.18. The summed E-state index contributed by atoms with van der Waals surface area (Å²) in [6, 6.07) is 4.44. The molecule has 3 nitrogen and oxygen atoms in total. The first-order valence-electron chi connectivity index (χ1n) is 4.44. The third-order valence-corrected chi connectivity index (χ3v) is 2.28. The Hall–Kier alpha value is -1.08. The summed E-state index contributed by atoms with van der Waals surface area (Å²) < 4.78 is 44.9. The van der Waals surface area contributed by atoms with Crippen LogP contribution >= 0.6 is 15.9 Å². The Morgan fingerprint density at radius 1 is 1.35 bits per heavy atom. The Labute approximate surface area is 104 Å². The van der Waals surface area contributed by atoms with Crippen LogP contribution in [0.25, 0.3) is 0 Å². The van der Waals surface area contributed by atoms with Crippen molar-refractivity contribution < 1.29 is 27.4 Å². The lowest BCUT2D eigenvalue weighted by Crippen LogP contribution is -2.19. The normalized spacial score (nSPS) is 11.3. The highest BCUT2D eigenvalue weighted by Gasteiger charge is 2.27. The van der Waals surface area contributed by atoms with E-state index < -0.39 is 19.6 Å². The molecule has 1 aromatic rings. The van der Waals surface area contributed by atoms with Gasteiger partial charge in [-0.2, -0.15) is 13.2 Å². The van der Waals surface area contributed by atoms with E-state index in [1.54, 1.807) is 0 Å². The van der Waals surface area contributed by atoms with Gasteiger partial charge in [0.2, 0.25) is 0 Å². The Balaban J connectivity index is 2.44. The molecule has 0 unspecified atom stereocenters. The zero-order chi connectivity index (χ0) is 12.9. The summed E-state index contributed by atoms with van der Waals surface area (Å²) in [7, 11) is 0. The van der Waals surface area contributed by atoms with Crippen molar-refractivity contribution in [1.82, 2.24) is 0 Å². The zero-order valence-corrected chi connectivity index (χ0v) is 10.0. The van der Waals surface area contributed by atoms with Gasteiger partial charge >= 0.3 is 6.18 Å². The van der Waals surface area contributed by atoms with Gasteiger partial charge in [0.15, 0.2) is 6.79 Å². The second-order valence-corrected chi connectivity index (χ2v) is 3.89. The number of ether oxygens (including phenoxy) is 2. The SMILES string of the molecule is O=Cc1ccc(OCOCC(F)(F)F)c(Br)c1. The third-order valence-electron chi connectivity index (χ3n) is 1.66. The van der Waals surface area contributed by atoms with Crippen molar-refractivity contribution in [2.75, 3.05) is 13.4 Å². The lowest BCUT2D eigenvalue weighted by atomic mass is 10.2. The molecule has 94 valence electrons. The summed E-state index contributed by atoms with van der Waals surface area (Å²) in [5, 5.41) is 0. The molecule has 0 aliphatic rings. The highest BCUT2D eigenvalue weighted by Crippen LogP contribution is 2.25. The molecule has 0 N–H and O–H groups in total. The van der Waals surface area contributed by atoms with Gasteiger partial charge < -0.3 is 9.47 Å². The Kier molecular flexibility index (Phi) is 4.95. The van der Waals surface area contributed by atoms with E-state index >= 15 is 0 Å². The molecule has 0 bridgehead atoms. The summed E-state index contributed by atoms with van der Waals surface area (Å²) in [4.78, 5) is 10.4. The van der Waals surface area contributed by atoms with Crippen molar-refractivity contribution >= 4 is 22.2 Å². The van der Waals surface area contributed by atoms with Crippen LogP contribution in [-0.4, -0.2) is 25.9 Å². The Morgan fingerprint density at radius 2 is 2.06 bits per heavy atom. The topological polar surface area (TPSA) is 35.5 Å². The standard InChI is InChI=1S/C10H8BrF3O3/c11-8-3-7(4-15)1-2-9(8)17-6-16-5-10(12,13)14/h1-4H,5-6H2. The maximum absolute atomic E-state index is 11.7. The average molecular weight is 313 g/mol. The monoisotopic (exact) mass is 312 g/mol. The van der Waals surface area contributed by atoms with Gasteiger partial charge in [0.25, 0.3) is 0 Å². The lowest BCUT2D eigenvalue weighted by Gasteiger charge is -2.10. The average Bonchev–Trinajstić information content (AvgIpc) is 2.24. The fraction of sp³-hybridized carbons (Fsp3) is 0.300. The minimum Gasteiger partial charge on any atom is -0.466 e. The van der Waals surface area contributed by atoms with Crippen molar-refractivity contribution in [2.24, 2.45) is 0 Å². The molecule has 17 heavy (non-hydrogen) atoms. The van der Waals surface area contributed by atoms with Gasteiger partial charge in [0, 0.05) is 5.56 Å². The molecule has 0 aliphatic heterocycles. The van der Waals surface area contributed by atoms with Crippen LogP contribution in [0.4, 0.5) is 13.2 Å². The van der Waals surface area contributed by atoms with Crippen LogP contribution in [0.2, 0.25) is 0 Å². The van der Waals surface area contributed by atoms with E-state index in [2.05, 4.69) is 20.7 Å². The molecule has 0 fully saturated rings. The van der Waals surface area contributed by atoms with Crippen LogP contribution in [0.15, 0.2) is 22.7 Å². The number of rotatable bonds is 5. The molecule has 0 spiro atoms. The maximum Gasteiger partial charge on any atom is 0.411 e. The molecule has 1 rings (SSSR count). The first kappa shape index (κ1) is 14.0. The molecule has 0 aromatic heterocycles. The van der Waals surface area contributed by atoms with Crippen molar-refractivity contribution in [3.63, 3.8) is 0 Å². The molecular weight excluding hydrogens is 305 g/mol. The summed E-state index contributed by atoms with van der Waals surface area (Å²) in [5.41, 5.74) is 0.431. The predicted octanol–water partition coefficient (Wildman–Crippen LogP) is 3.18. The number of carbonyl (C=O) groups excluding carboxylic acids is 1. The molecule has 7 heteroatoms. The summed E-state index contributed by atoms with van der Waals surface area (Å²) in [6.07, 6.45) is -3.73. The number of aldehydes is 1. The van der Waals surface area contributed by atoms with E-state index in [1.807, 2.05) is 0 Å². The minimum atomic E-state index is -4.37. The van der Waals surface area contributed by atoms with Crippen LogP contribution in [-0.2, 0) is 4.74 Å². The zero-order valence-electron chi connectivity index (χ0n) is 8.46. The molecular formula is C10H8BrF3O3. The van der Waals surface area contributed by atoms with Gasteiger partial charge in [-0.15, -0.1) is 0 Å². The second-order valence-electron chi connectivity index (χ2n) is 3.03. The predicted molar refractivity (Wildman–Crippen MR) is 57.0 cm³/mol. The van der Waals surface area contributed by atoms with Gasteiger partial charge in [-0.1, -0.05) is 0 Å². The van der Waals surface area contributed by atoms with Crippen LogP contribution in [0.1, 0.15) is 10.4 Å². The second kappa shape index (κ2) is 6.02. The van der Waals surface area contributed by atoms with Crippen molar-refractivity contribution in [3.8, 4) is 5.75 Å². The van der Waals surface area contributed by atoms with Crippen molar-refractivity contribution in [2.45, 2.75) is 6.18 Å². The van der Waals surface area contributed by atoms with E-state index in [1.165, 1.54) is 18.2 Å². The van der Waals surface area contributed by atoms with Gasteiger partial charge in [0.1, 0.15) is 18.6 Å². The molecule has 0 amide bonds. The Morgan fingerprint density at radius 3 is 2.59 bits per heavy atom. The van der Waals surface area contributed by atoms with Crippen LogP contribution < -0.4 is 4.74 Å². The molecule has 0 saturated carbocycles. The minimum absolute atomic E-state index is 0.303. The van der Waals surface area contributed by atoms with E-state index in [-0.39, 0.29) is 0 Å². The number of benzene rings is 1. The molecule has 0 atom stereocenters.